The number of hydrogen-bond acceptors (Lipinski definition) is 4. The molecule has 21 heavy (non-hydrogen) atoms. The van der Waals surface area contributed by atoms with Crippen molar-refractivity contribution in [2.24, 2.45) is 5.92 Å². The second-order valence-electron chi connectivity index (χ2n) is 5.20. The average Bonchev–Trinajstić information content (AvgIpc) is 2.47. The molecule has 108 valence electrons. The van der Waals surface area contributed by atoms with E-state index in [1.165, 1.54) is 0 Å². The van der Waals surface area contributed by atoms with E-state index < -0.39 is 5.97 Å². The molecule has 0 spiro atoms. The monoisotopic (exact) mass is 347 g/mol. The van der Waals surface area contributed by atoms with E-state index >= 15 is 0 Å². The Morgan fingerprint density at radius 1 is 1.38 bits per heavy atom. The molecule has 2 aromatic heterocycles. The van der Waals surface area contributed by atoms with Crippen LogP contribution in [0.25, 0.3) is 11.5 Å². The predicted molar refractivity (Wildman–Crippen MR) is 80.9 cm³/mol. The second kappa shape index (κ2) is 5.52. The molecule has 0 radical (unpaired) electrons. The van der Waals surface area contributed by atoms with Crippen molar-refractivity contribution in [1.82, 2.24) is 15.0 Å². The SMILES string of the molecule is Cc1nc(-c2ccc(Br)cn2)nc2c1CC(C(=O)O)CC2. The lowest BCUT2D eigenvalue weighted by Crippen LogP contribution is -2.24. The van der Waals surface area contributed by atoms with E-state index in [0.29, 0.717) is 25.1 Å². The zero-order valence-electron chi connectivity index (χ0n) is 11.5. The van der Waals surface area contributed by atoms with Crippen LogP contribution < -0.4 is 0 Å². The van der Waals surface area contributed by atoms with Gasteiger partial charge in [-0.25, -0.2) is 9.97 Å². The largest absolute Gasteiger partial charge is 0.481 e. The first-order valence-electron chi connectivity index (χ1n) is 6.75. The first-order chi connectivity index (χ1) is 10.0. The number of fused-ring (bicyclic) bond motifs is 1. The van der Waals surface area contributed by atoms with Crippen molar-refractivity contribution in [2.45, 2.75) is 26.2 Å². The fraction of sp³-hybridized carbons (Fsp3) is 0.333. The highest BCUT2D eigenvalue weighted by Gasteiger charge is 2.27. The van der Waals surface area contributed by atoms with Crippen molar-refractivity contribution in [3.05, 3.63) is 39.8 Å². The number of nitrogens with zero attached hydrogens (tertiary/aromatic N) is 3. The van der Waals surface area contributed by atoms with Crippen LogP contribution >= 0.6 is 15.9 Å². The van der Waals surface area contributed by atoms with Gasteiger partial charge in [0.1, 0.15) is 5.69 Å². The topological polar surface area (TPSA) is 76.0 Å². The highest BCUT2D eigenvalue weighted by molar-refractivity contribution is 9.10. The van der Waals surface area contributed by atoms with Crippen LogP contribution in [-0.4, -0.2) is 26.0 Å². The minimum absolute atomic E-state index is 0.323. The molecule has 0 amide bonds. The number of rotatable bonds is 2. The van der Waals surface area contributed by atoms with Gasteiger partial charge < -0.3 is 5.11 Å². The number of halogens is 1. The van der Waals surface area contributed by atoms with Crippen molar-refractivity contribution in [2.75, 3.05) is 0 Å². The van der Waals surface area contributed by atoms with Crippen molar-refractivity contribution >= 4 is 21.9 Å². The van der Waals surface area contributed by atoms with Crippen LogP contribution in [0, 0.1) is 12.8 Å². The summed E-state index contributed by atoms with van der Waals surface area (Å²) in [5.41, 5.74) is 3.52. The number of aliphatic carboxylic acids is 1. The number of aryl methyl sites for hydroxylation is 2. The maximum atomic E-state index is 11.1. The highest BCUT2D eigenvalue weighted by Crippen LogP contribution is 2.28. The summed E-state index contributed by atoms with van der Waals surface area (Å²) in [5.74, 6) is -0.456. The van der Waals surface area contributed by atoms with Crippen molar-refractivity contribution in [3.63, 3.8) is 0 Å². The summed E-state index contributed by atoms with van der Waals surface area (Å²) in [5, 5.41) is 9.16. The van der Waals surface area contributed by atoms with Crippen LogP contribution in [0.3, 0.4) is 0 Å². The molecule has 1 aliphatic rings. The highest BCUT2D eigenvalue weighted by atomic mass is 79.9. The third kappa shape index (κ3) is 2.81. The van der Waals surface area contributed by atoms with Crippen molar-refractivity contribution in [3.8, 4) is 11.5 Å². The van der Waals surface area contributed by atoms with Crippen LogP contribution in [0.15, 0.2) is 22.8 Å². The molecule has 0 fully saturated rings. The summed E-state index contributed by atoms with van der Waals surface area (Å²) in [6.07, 6.45) is 3.55. The standard InChI is InChI=1S/C15H14BrN3O2/c1-8-11-6-9(15(20)21)2-4-12(11)19-14(18-8)13-5-3-10(16)7-17-13/h3,5,7,9H,2,4,6H2,1H3,(H,20,21). The van der Waals surface area contributed by atoms with Crippen molar-refractivity contribution in [1.29, 1.82) is 0 Å². The molecule has 2 heterocycles. The van der Waals surface area contributed by atoms with Gasteiger partial charge in [0.2, 0.25) is 0 Å². The van der Waals surface area contributed by atoms with Crippen LogP contribution in [0.1, 0.15) is 23.4 Å². The van der Waals surface area contributed by atoms with Gasteiger partial charge in [0, 0.05) is 22.1 Å². The van der Waals surface area contributed by atoms with Crippen LogP contribution in [0.2, 0.25) is 0 Å². The lowest BCUT2D eigenvalue weighted by Gasteiger charge is -2.22. The van der Waals surface area contributed by atoms with E-state index in [0.717, 1.165) is 27.1 Å². The maximum absolute atomic E-state index is 11.1. The molecule has 0 aromatic carbocycles. The van der Waals surface area contributed by atoms with E-state index in [1.807, 2.05) is 19.1 Å². The fourth-order valence-electron chi connectivity index (χ4n) is 2.62. The third-order valence-corrected chi connectivity index (χ3v) is 4.25. The summed E-state index contributed by atoms with van der Waals surface area (Å²) in [6.45, 7) is 1.91. The number of hydrogen-bond donors (Lipinski definition) is 1. The Kier molecular flexibility index (Phi) is 3.71. The summed E-state index contributed by atoms with van der Waals surface area (Å²) in [4.78, 5) is 24.5. The Hall–Kier alpha value is -1.82. The van der Waals surface area contributed by atoms with Gasteiger partial charge >= 0.3 is 5.97 Å². The van der Waals surface area contributed by atoms with Gasteiger partial charge in [-0.2, -0.15) is 0 Å². The minimum Gasteiger partial charge on any atom is -0.481 e. The molecule has 1 aliphatic carbocycles. The maximum Gasteiger partial charge on any atom is 0.306 e. The Morgan fingerprint density at radius 2 is 2.19 bits per heavy atom. The van der Waals surface area contributed by atoms with Gasteiger partial charge in [0.05, 0.1) is 5.92 Å². The number of pyridine rings is 1. The first kappa shape index (κ1) is 14.1. The number of carboxylic acids is 1. The van der Waals surface area contributed by atoms with E-state index in [-0.39, 0.29) is 5.92 Å². The minimum atomic E-state index is -0.737. The van der Waals surface area contributed by atoms with Gasteiger partial charge in [-0.1, -0.05) is 0 Å². The molecule has 1 unspecified atom stereocenters. The Morgan fingerprint density at radius 3 is 2.86 bits per heavy atom. The van der Waals surface area contributed by atoms with E-state index in [4.69, 9.17) is 5.11 Å². The van der Waals surface area contributed by atoms with Crippen molar-refractivity contribution < 1.29 is 9.90 Å². The zero-order chi connectivity index (χ0) is 15.0. The molecule has 0 bridgehead atoms. The average molecular weight is 348 g/mol. The van der Waals surface area contributed by atoms with Gasteiger partial charge in [-0.15, -0.1) is 0 Å². The van der Waals surface area contributed by atoms with Gasteiger partial charge in [0.15, 0.2) is 5.82 Å². The molecule has 0 saturated heterocycles. The third-order valence-electron chi connectivity index (χ3n) is 3.79. The molecule has 0 saturated carbocycles. The number of carbonyl (C=O) groups is 1. The molecule has 0 aliphatic heterocycles. The van der Waals surface area contributed by atoms with Crippen LogP contribution in [0.4, 0.5) is 0 Å². The quantitative estimate of drug-likeness (QED) is 0.903. The van der Waals surface area contributed by atoms with E-state index in [9.17, 15) is 4.79 Å². The Labute approximate surface area is 130 Å². The summed E-state index contributed by atoms with van der Waals surface area (Å²) in [6, 6.07) is 3.77. The zero-order valence-corrected chi connectivity index (χ0v) is 13.1. The molecular weight excluding hydrogens is 334 g/mol. The molecular formula is C15H14BrN3O2. The lowest BCUT2D eigenvalue weighted by molar-refractivity contribution is -0.142. The molecule has 5 nitrogen and oxygen atoms in total. The Balaban J connectivity index is 1.99. The summed E-state index contributed by atoms with van der Waals surface area (Å²) >= 11 is 3.35. The second-order valence-corrected chi connectivity index (χ2v) is 6.11. The van der Waals surface area contributed by atoms with Crippen LogP contribution in [0.5, 0.6) is 0 Å². The molecule has 1 N–H and O–H groups in total. The van der Waals surface area contributed by atoms with Gasteiger partial charge in [-0.05, 0) is 59.8 Å². The van der Waals surface area contributed by atoms with Crippen LogP contribution in [-0.2, 0) is 17.6 Å². The molecule has 1 atom stereocenters. The predicted octanol–water partition coefficient (Wildman–Crippen LogP) is 2.80. The van der Waals surface area contributed by atoms with E-state index in [2.05, 4.69) is 30.9 Å². The van der Waals surface area contributed by atoms with E-state index in [1.54, 1.807) is 6.20 Å². The number of aromatic nitrogens is 3. The smallest absolute Gasteiger partial charge is 0.306 e. The van der Waals surface area contributed by atoms with Gasteiger partial charge in [0.25, 0.3) is 0 Å². The molecule has 3 rings (SSSR count). The first-order valence-corrected chi connectivity index (χ1v) is 7.55. The molecule has 2 aromatic rings. The normalized spacial score (nSPS) is 17.3. The molecule has 6 heteroatoms. The lowest BCUT2D eigenvalue weighted by atomic mass is 9.86. The fourth-order valence-corrected chi connectivity index (χ4v) is 2.86. The summed E-state index contributed by atoms with van der Waals surface area (Å²) < 4.78 is 0.908. The summed E-state index contributed by atoms with van der Waals surface area (Å²) in [7, 11) is 0. The van der Waals surface area contributed by atoms with Gasteiger partial charge in [-0.3, -0.25) is 9.78 Å². The Bertz CT molecular complexity index is 701. The number of carboxylic acid groups (broad SMARTS) is 1.